The summed E-state index contributed by atoms with van der Waals surface area (Å²) in [4.78, 5) is 0. The van der Waals surface area contributed by atoms with Crippen LogP contribution in [0.1, 0.15) is 37.8 Å². The number of benzene rings is 2. The van der Waals surface area contributed by atoms with Gasteiger partial charge in [-0.2, -0.15) is 0 Å². The Morgan fingerprint density at radius 2 is 1.89 bits per heavy atom. The Hall–Kier alpha value is -1.25. The van der Waals surface area contributed by atoms with Gasteiger partial charge in [0.2, 0.25) is 0 Å². The van der Waals surface area contributed by atoms with Gasteiger partial charge in [-0.25, -0.2) is 0 Å². The van der Waals surface area contributed by atoms with Gasteiger partial charge in [0, 0.05) is 11.6 Å². The monoisotopic (exact) mass is 265 g/mol. The van der Waals surface area contributed by atoms with Crippen molar-refractivity contribution >= 4 is 23.2 Å². The number of rotatable bonds is 4. The number of nitrogens with two attached hydrogens (primary N) is 1. The fourth-order valence-electron chi connectivity index (χ4n) is 2.24. The van der Waals surface area contributed by atoms with Crippen LogP contribution >= 0.6 is 12.4 Å². The van der Waals surface area contributed by atoms with Crippen LogP contribution in [0.15, 0.2) is 36.4 Å². The highest BCUT2D eigenvalue weighted by molar-refractivity contribution is 5.88. The quantitative estimate of drug-likeness (QED) is 0.872. The molecule has 3 heteroatoms. The zero-order valence-electron chi connectivity index (χ0n) is 10.6. The van der Waals surface area contributed by atoms with Crippen LogP contribution < -0.4 is 5.73 Å². The van der Waals surface area contributed by atoms with Gasteiger partial charge in [-0.05, 0) is 23.3 Å². The number of aromatic hydroxyl groups is 1. The van der Waals surface area contributed by atoms with Crippen molar-refractivity contribution in [2.24, 2.45) is 5.73 Å². The second kappa shape index (κ2) is 6.62. The highest BCUT2D eigenvalue weighted by Crippen LogP contribution is 2.33. The molecular weight excluding hydrogens is 246 g/mol. The van der Waals surface area contributed by atoms with Crippen LogP contribution in [0.25, 0.3) is 10.8 Å². The van der Waals surface area contributed by atoms with E-state index in [0.29, 0.717) is 5.75 Å². The van der Waals surface area contributed by atoms with E-state index in [1.165, 1.54) is 0 Å². The lowest BCUT2D eigenvalue weighted by Crippen LogP contribution is -2.10. The third-order valence-corrected chi connectivity index (χ3v) is 3.19. The third-order valence-electron chi connectivity index (χ3n) is 3.19. The zero-order chi connectivity index (χ0) is 12.3. The number of hydrogen-bond donors (Lipinski definition) is 2. The lowest BCUT2D eigenvalue weighted by molar-refractivity contribution is 0.458. The molecule has 18 heavy (non-hydrogen) atoms. The van der Waals surface area contributed by atoms with Crippen molar-refractivity contribution < 1.29 is 5.11 Å². The number of unbranched alkanes of at least 4 members (excludes halogenated alkanes) is 1. The van der Waals surface area contributed by atoms with Crippen molar-refractivity contribution in [1.82, 2.24) is 0 Å². The van der Waals surface area contributed by atoms with Gasteiger partial charge in [0.05, 0.1) is 0 Å². The fourth-order valence-corrected chi connectivity index (χ4v) is 2.24. The summed E-state index contributed by atoms with van der Waals surface area (Å²) in [5.74, 6) is 0.312. The third kappa shape index (κ3) is 2.95. The smallest absolute Gasteiger partial charge is 0.120 e. The molecule has 0 aromatic heterocycles. The average molecular weight is 266 g/mol. The molecule has 0 heterocycles. The molecule has 0 fully saturated rings. The predicted octanol–water partition coefficient (Wildman–Crippen LogP) is 4.16. The van der Waals surface area contributed by atoms with Crippen molar-refractivity contribution in [1.29, 1.82) is 0 Å². The maximum absolute atomic E-state index is 10.00. The van der Waals surface area contributed by atoms with Crippen molar-refractivity contribution in [2.75, 3.05) is 0 Å². The molecular formula is C15H20ClNO. The number of fused-ring (bicyclic) bond motifs is 1. The summed E-state index contributed by atoms with van der Waals surface area (Å²) >= 11 is 0. The average Bonchev–Trinajstić information content (AvgIpc) is 2.35. The number of phenolic OH excluding ortho intramolecular Hbond substituents is 1. The fraction of sp³-hybridized carbons (Fsp3) is 0.333. The molecule has 2 aromatic rings. The zero-order valence-corrected chi connectivity index (χ0v) is 11.4. The summed E-state index contributed by atoms with van der Waals surface area (Å²) in [6.07, 6.45) is 3.13. The Morgan fingerprint density at radius 1 is 1.17 bits per heavy atom. The van der Waals surface area contributed by atoms with E-state index >= 15 is 0 Å². The minimum atomic E-state index is -0.0824. The molecule has 0 amide bonds. The number of halogens is 1. The van der Waals surface area contributed by atoms with Crippen LogP contribution in [0.4, 0.5) is 0 Å². The van der Waals surface area contributed by atoms with E-state index in [4.69, 9.17) is 5.73 Å². The molecule has 0 radical (unpaired) electrons. The molecule has 0 unspecified atom stereocenters. The molecule has 2 aromatic carbocycles. The van der Waals surface area contributed by atoms with Crippen molar-refractivity contribution in [3.63, 3.8) is 0 Å². The SMILES string of the molecule is CCCC[C@@H](N)c1c(O)ccc2ccccc12.Cl. The molecule has 0 aliphatic heterocycles. The maximum Gasteiger partial charge on any atom is 0.120 e. The van der Waals surface area contributed by atoms with Gasteiger partial charge >= 0.3 is 0 Å². The molecule has 2 rings (SSSR count). The normalized spacial score (nSPS) is 12.1. The summed E-state index contributed by atoms with van der Waals surface area (Å²) in [5, 5.41) is 12.2. The first kappa shape index (κ1) is 14.8. The number of hydrogen-bond acceptors (Lipinski definition) is 2. The molecule has 0 bridgehead atoms. The lowest BCUT2D eigenvalue weighted by Gasteiger charge is -2.16. The maximum atomic E-state index is 10.00. The Bertz CT molecular complexity index is 513. The van der Waals surface area contributed by atoms with Gasteiger partial charge in [0.25, 0.3) is 0 Å². The van der Waals surface area contributed by atoms with Gasteiger partial charge in [-0.3, -0.25) is 0 Å². The van der Waals surface area contributed by atoms with Crippen molar-refractivity contribution in [3.8, 4) is 5.75 Å². The van der Waals surface area contributed by atoms with E-state index in [1.807, 2.05) is 30.3 Å². The van der Waals surface area contributed by atoms with Crippen molar-refractivity contribution in [2.45, 2.75) is 32.2 Å². The van der Waals surface area contributed by atoms with Crippen LogP contribution in [-0.2, 0) is 0 Å². The van der Waals surface area contributed by atoms with Crippen LogP contribution in [0.5, 0.6) is 5.75 Å². The molecule has 98 valence electrons. The second-order valence-corrected chi connectivity index (χ2v) is 4.47. The molecule has 2 nitrogen and oxygen atoms in total. The Balaban J connectivity index is 0.00000162. The van der Waals surface area contributed by atoms with Gasteiger partial charge in [-0.15, -0.1) is 12.4 Å². The Kier molecular flexibility index (Phi) is 5.45. The van der Waals surface area contributed by atoms with E-state index in [0.717, 1.165) is 35.6 Å². The van der Waals surface area contributed by atoms with Crippen LogP contribution in [0, 0.1) is 0 Å². The van der Waals surface area contributed by atoms with Gasteiger partial charge in [0.1, 0.15) is 5.75 Å². The predicted molar refractivity (Wildman–Crippen MR) is 79.3 cm³/mol. The highest BCUT2D eigenvalue weighted by atomic mass is 35.5. The van der Waals surface area contributed by atoms with E-state index in [2.05, 4.69) is 6.92 Å². The first-order valence-electron chi connectivity index (χ1n) is 6.20. The summed E-state index contributed by atoms with van der Waals surface area (Å²) in [6.45, 7) is 2.15. The van der Waals surface area contributed by atoms with E-state index < -0.39 is 0 Å². The molecule has 0 aliphatic carbocycles. The second-order valence-electron chi connectivity index (χ2n) is 4.47. The van der Waals surface area contributed by atoms with E-state index in [-0.39, 0.29) is 18.4 Å². The lowest BCUT2D eigenvalue weighted by atomic mass is 9.95. The highest BCUT2D eigenvalue weighted by Gasteiger charge is 2.13. The van der Waals surface area contributed by atoms with Gasteiger partial charge in [0.15, 0.2) is 0 Å². The minimum absolute atomic E-state index is 0. The van der Waals surface area contributed by atoms with Crippen LogP contribution in [0.3, 0.4) is 0 Å². The van der Waals surface area contributed by atoms with Gasteiger partial charge < -0.3 is 10.8 Å². The van der Waals surface area contributed by atoms with E-state index in [1.54, 1.807) is 6.07 Å². The number of phenols is 1. The molecule has 0 spiro atoms. The molecule has 0 aliphatic rings. The topological polar surface area (TPSA) is 46.2 Å². The molecule has 3 N–H and O–H groups in total. The molecule has 0 saturated carbocycles. The first-order valence-corrected chi connectivity index (χ1v) is 6.20. The van der Waals surface area contributed by atoms with Crippen LogP contribution in [0.2, 0.25) is 0 Å². The molecule has 0 saturated heterocycles. The van der Waals surface area contributed by atoms with E-state index in [9.17, 15) is 5.11 Å². The van der Waals surface area contributed by atoms with Gasteiger partial charge in [-0.1, -0.05) is 50.1 Å². The van der Waals surface area contributed by atoms with Crippen molar-refractivity contribution in [3.05, 3.63) is 42.0 Å². The largest absolute Gasteiger partial charge is 0.508 e. The Labute approximate surface area is 114 Å². The van der Waals surface area contributed by atoms with Crippen LogP contribution in [-0.4, -0.2) is 5.11 Å². The minimum Gasteiger partial charge on any atom is -0.508 e. The Morgan fingerprint density at radius 3 is 2.61 bits per heavy atom. The first-order chi connectivity index (χ1) is 8.24. The standard InChI is InChI=1S/C15H19NO.ClH/c1-2-3-8-13(16)15-12-7-5-4-6-11(12)9-10-14(15)17;/h4-7,9-10,13,17H,2-3,8,16H2,1H3;1H/t13-;/m1./s1. The summed E-state index contributed by atoms with van der Waals surface area (Å²) in [5.41, 5.74) is 7.07. The summed E-state index contributed by atoms with van der Waals surface area (Å²) in [6, 6.07) is 11.6. The molecule has 1 atom stereocenters. The summed E-state index contributed by atoms with van der Waals surface area (Å²) in [7, 11) is 0. The summed E-state index contributed by atoms with van der Waals surface area (Å²) < 4.78 is 0.